The highest BCUT2D eigenvalue weighted by molar-refractivity contribution is 9.10. The van der Waals surface area contributed by atoms with Crippen molar-refractivity contribution in [3.63, 3.8) is 0 Å². The summed E-state index contributed by atoms with van der Waals surface area (Å²) in [6.45, 7) is 0. The lowest BCUT2D eigenvalue weighted by Crippen LogP contribution is -2.29. The van der Waals surface area contributed by atoms with Gasteiger partial charge in [0, 0.05) is 16.5 Å². The molecule has 24 heavy (non-hydrogen) atoms. The van der Waals surface area contributed by atoms with E-state index in [0.29, 0.717) is 11.8 Å². The molecule has 1 N–H and O–H groups in total. The first-order valence-electron chi connectivity index (χ1n) is 8.16. The van der Waals surface area contributed by atoms with E-state index < -0.39 is 0 Å². The fraction of sp³-hybridized carbons (Fsp3) is 0.300. The Morgan fingerprint density at radius 1 is 1.08 bits per heavy atom. The molecule has 0 saturated heterocycles. The average molecular weight is 386 g/mol. The Bertz CT molecular complexity index is 785. The van der Waals surface area contributed by atoms with E-state index in [1.54, 1.807) is 14.2 Å². The molecule has 0 aromatic heterocycles. The molecular formula is C20H20BrNO2. The highest BCUT2D eigenvalue weighted by Crippen LogP contribution is 2.53. The van der Waals surface area contributed by atoms with Gasteiger partial charge in [-0.25, -0.2) is 0 Å². The van der Waals surface area contributed by atoms with Gasteiger partial charge in [0.05, 0.1) is 25.9 Å². The lowest BCUT2D eigenvalue weighted by Gasteiger charge is -2.38. The fourth-order valence-electron chi connectivity index (χ4n) is 3.92. The maximum atomic E-state index is 5.63. The van der Waals surface area contributed by atoms with Gasteiger partial charge in [-0.2, -0.15) is 0 Å². The first kappa shape index (κ1) is 15.6. The number of benzene rings is 2. The zero-order valence-electron chi connectivity index (χ0n) is 13.8. The highest BCUT2D eigenvalue weighted by Gasteiger charge is 2.39. The molecule has 0 fully saturated rings. The van der Waals surface area contributed by atoms with E-state index in [0.717, 1.165) is 28.1 Å². The van der Waals surface area contributed by atoms with Crippen LogP contribution in [0.2, 0.25) is 0 Å². The molecule has 2 aromatic rings. The predicted molar refractivity (Wildman–Crippen MR) is 100 cm³/mol. The number of ether oxygens (including phenoxy) is 2. The summed E-state index contributed by atoms with van der Waals surface area (Å²) in [6.07, 6.45) is 5.70. The van der Waals surface area contributed by atoms with Crippen molar-refractivity contribution in [3.8, 4) is 11.5 Å². The van der Waals surface area contributed by atoms with Crippen LogP contribution in [0.1, 0.15) is 29.5 Å². The van der Waals surface area contributed by atoms with Crippen LogP contribution in [-0.2, 0) is 0 Å². The van der Waals surface area contributed by atoms with E-state index in [-0.39, 0.29) is 6.04 Å². The van der Waals surface area contributed by atoms with Crippen LogP contribution < -0.4 is 14.8 Å². The Hall–Kier alpha value is -1.94. The van der Waals surface area contributed by atoms with Crippen LogP contribution in [0.4, 0.5) is 5.69 Å². The summed E-state index contributed by atoms with van der Waals surface area (Å²) in [5.74, 6) is 2.58. The first-order chi connectivity index (χ1) is 11.7. The second-order valence-corrected chi connectivity index (χ2v) is 7.24. The van der Waals surface area contributed by atoms with Gasteiger partial charge < -0.3 is 14.8 Å². The molecule has 1 aliphatic heterocycles. The predicted octanol–water partition coefficient (Wildman–Crippen LogP) is 5.29. The lowest BCUT2D eigenvalue weighted by molar-refractivity contribution is 0.381. The molecule has 0 unspecified atom stereocenters. The molecule has 1 heterocycles. The minimum Gasteiger partial charge on any atom is -0.497 e. The quantitative estimate of drug-likeness (QED) is 0.727. The van der Waals surface area contributed by atoms with E-state index in [4.69, 9.17) is 9.47 Å². The fourth-order valence-corrected chi connectivity index (χ4v) is 4.18. The lowest BCUT2D eigenvalue weighted by atomic mass is 9.77. The summed E-state index contributed by atoms with van der Waals surface area (Å²) in [5.41, 5.74) is 3.65. The number of halogens is 1. The third-order valence-electron chi connectivity index (χ3n) is 5.09. The molecule has 0 radical (unpaired) electrons. The molecule has 2 aromatic carbocycles. The number of rotatable bonds is 3. The molecule has 0 saturated carbocycles. The molecule has 3 atom stereocenters. The van der Waals surface area contributed by atoms with Gasteiger partial charge in [0.2, 0.25) is 0 Å². The van der Waals surface area contributed by atoms with Crippen LogP contribution in [0.15, 0.2) is 53.0 Å². The number of nitrogens with one attached hydrogen (secondary N) is 1. The van der Waals surface area contributed by atoms with Gasteiger partial charge in [-0.15, -0.1) is 0 Å². The molecule has 0 bridgehead atoms. The minimum atomic E-state index is 0.271. The zero-order chi connectivity index (χ0) is 16.7. The number of anilines is 1. The van der Waals surface area contributed by atoms with Crippen LogP contribution in [0.3, 0.4) is 0 Å². The van der Waals surface area contributed by atoms with Crippen molar-refractivity contribution in [2.24, 2.45) is 5.92 Å². The molecular weight excluding hydrogens is 366 g/mol. The highest BCUT2D eigenvalue weighted by atomic mass is 79.9. The van der Waals surface area contributed by atoms with Crippen molar-refractivity contribution < 1.29 is 9.47 Å². The van der Waals surface area contributed by atoms with E-state index >= 15 is 0 Å². The Morgan fingerprint density at radius 2 is 1.88 bits per heavy atom. The number of hydrogen-bond donors (Lipinski definition) is 1. The molecule has 4 heteroatoms. The van der Waals surface area contributed by atoms with Gasteiger partial charge in [0.25, 0.3) is 0 Å². The summed E-state index contributed by atoms with van der Waals surface area (Å²) in [5, 5.41) is 3.74. The molecule has 1 aliphatic carbocycles. The van der Waals surface area contributed by atoms with Gasteiger partial charge in [-0.1, -0.05) is 40.2 Å². The topological polar surface area (TPSA) is 30.5 Å². The molecule has 3 nitrogen and oxygen atoms in total. The Kier molecular flexibility index (Phi) is 4.01. The van der Waals surface area contributed by atoms with Crippen molar-refractivity contribution in [1.29, 1.82) is 0 Å². The van der Waals surface area contributed by atoms with E-state index in [2.05, 4.69) is 63.7 Å². The van der Waals surface area contributed by atoms with Crippen LogP contribution >= 0.6 is 15.9 Å². The van der Waals surface area contributed by atoms with Crippen LogP contribution in [0, 0.1) is 5.92 Å². The van der Waals surface area contributed by atoms with E-state index in [1.807, 2.05) is 6.07 Å². The van der Waals surface area contributed by atoms with Crippen LogP contribution in [0.5, 0.6) is 11.5 Å². The average Bonchev–Trinajstić information content (AvgIpc) is 3.11. The van der Waals surface area contributed by atoms with Gasteiger partial charge in [0.15, 0.2) is 0 Å². The van der Waals surface area contributed by atoms with Crippen molar-refractivity contribution in [1.82, 2.24) is 0 Å². The summed E-state index contributed by atoms with van der Waals surface area (Å²) < 4.78 is 12.2. The third-order valence-corrected chi connectivity index (χ3v) is 5.62. The Morgan fingerprint density at radius 3 is 2.58 bits per heavy atom. The summed E-state index contributed by atoms with van der Waals surface area (Å²) >= 11 is 3.52. The normalized spacial score (nSPS) is 24.0. The van der Waals surface area contributed by atoms with Crippen molar-refractivity contribution >= 4 is 21.6 Å². The number of fused-ring (bicyclic) bond motifs is 3. The van der Waals surface area contributed by atoms with Crippen molar-refractivity contribution in [3.05, 3.63) is 64.1 Å². The number of hydrogen-bond acceptors (Lipinski definition) is 3. The maximum Gasteiger partial charge on any atom is 0.145 e. The molecule has 2 aliphatic rings. The Balaban J connectivity index is 1.82. The van der Waals surface area contributed by atoms with Crippen molar-refractivity contribution in [2.75, 3.05) is 19.5 Å². The summed E-state index contributed by atoms with van der Waals surface area (Å²) in [4.78, 5) is 0. The van der Waals surface area contributed by atoms with Gasteiger partial charge >= 0.3 is 0 Å². The molecule has 0 amide bonds. The van der Waals surface area contributed by atoms with Gasteiger partial charge in [-0.05, 0) is 41.7 Å². The largest absolute Gasteiger partial charge is 0.497 e. The monoisotopic (exact) mass is 385 g/mol. The minimum absolute atomic E-state index is 0.271. The second kappa shape index (κ2) is 6.17. The smallest absolute Gasteiger partial charge is 0.145 e. The van der Waals surface area contributed by atoms with Crippen LogP contribution in [0.25, 0.3) is 0 Å². The van der Waals surface area contributed by atoms with Gasteiger partial charge in [-0.3, -0.25) is 0 Å². The SMILES string of the molecule is COc1cc(OC)c2c(c1)[C@H]1C=CC[C@H]1[C@@H](c1ccc(Br)cc1)N2. The molecule has 4 rings (SSSR count). The van der Waals surface area contributed by atoms with E-state index in [1.165, 1.54) is 11.1 Å². The third kappa shape index (κ3) is 2.49. The summed E-state index contributed by atoms with van der Waals surface area (Å²) in [7, 11) is 3.41. The zero-order valence-corrected chi connectivity index (χ0v) is 15.3. The standard InChI is InChI=1S/C20H20BrNO2/c1-23-14-10-17-15-4-3-5-16(15)19(12-6-8-13(21)9-7-12)22-20(17)18(11-14)24-2/h3-4,6-11,15-16,19,22H,5H2,1-2H3/t15-,16+,19+/m0/s1. The maximum absolute atomic E-state index is 5.63. The first-order valence-corrected chi connectivity index (χ1v) is 8.95. The second-order valence-electron chi connectivity index (χ2n) is 6.32. The van der Waals surface area contributed by atoms with Gasteiger partial charge in [0.1, 0.15) is 11.5 Å². The number of allylic oxidation sites excluding steroid dienone is 2. The molecule has 124 valence electrons. The Labute approximate surface area is 150 Å². The van der Waals surface area contributed by atoms with Crippen molar-refractivity contribution in [2.45, 2.75) is 18.4 Å². The molecule has 0 spiro atoms. The van der Waals surface area contributed by atoms with E-state index in [9.17, 15) is 0 Å². The van der Waals surface area contributed by atoms with Crippen LogP contribution in [-0.4, -0.2) is 14.2 Å². The summed E-state index contributed by atoms with van der Waals surface area (Å²) in [6, 6.07) is 13.0. The number of methoxy groups -OCH3 is 2.